The molecular formula is C14H21N3O2. The van der Waals surface area contributed by atoms with Gasteiger partial charge in [-0.25, -0.2) is 4.98 Å². The quantitative estimate of drug-likeness (QED) is 0.874. The minimum Gasteiger partial charge on any atom is -0.354 e. The van der Waals surface area contributed by atoms with Gasteiger partial charge >= 0.3 is 0 Å². The fraction of sp³-hybridized carbons (Fsp3) is 0.643. The Kier molecular flexibility index (Phi) is 4.71. The monoisotopic (exact) mass is 263 g/mol. The zero-order chi connectivity index (χ0) is 13.7. The number of nitrogens with zero attached hydrogens (tertiary/aromatic N) is 2. The van der Waals surface area contributed by atoms with E-state index in [0.29, 0.717) is 25.4 Å². The molecule has 19 heavy (non-hydrogen) atoms. The Hall–Kier alpha value is -1.65. The highest BCUT2D eigenvalue weighted by Crippen LogP contribution is 2.32. The second-order valence-electron chi connectivity index (χ2n) is 5.03. The first-order valence-corrected chi connectivity index (χ1v) is 7.03. The summed E-state index contributed by atoms with van der Waals surface area (Å²) in [5.41, 5.74) is 0.902. The lowest BCUT2D eigenvalue weighted by molar-refractivity contribution is -0.120. The van der Waals surface area contributed by atoms with E-state index in [4.69, 9.17) is 0 Å². The first-order valence-electron chi connectivity index (χ1n) is 7.03. The topological polar surface area (TPSA) is 64.0 Å². The third-order valence-electron chi connectivity index (χ3n) is 3.67. The van der Waals surface area contributed by atoms with Gasteiger partial charge in [0.1, 0.15) is 0 Å². The van der Waals surface area contributed by atoms with Crippen molar-refractivity contribution in [1.82, 2.24) is 14.9 Å². The molecule has 0 unspecified atom stereocenters. The average molecular weight is 263 g/mol. The number of carbonyl (C=O) groups is 1. The normalized spacial score (nSPS) is 15.6. The van der Waals surface area contributed by atoms with Crippen LogP contribution in [0.25, 0.3) is 0 Å². The highest BCUT2D eigenvalue weighted by molar-refractivity contribution is 5.75. The van der Waals surface area contributed by atoms with E-state index in [0.717, 1.165) is 18.5 Å². The van der Waals surface area contributed by atoms with E-state index in [1.807, 2.05) is 0 Å². The Labute approximate surface area is 113 Å². The van der Waals surface area contributed by atoms with Crippen molar-refractivity contribution in [3.8, 4) is 0 Å². The lowest BCUT2D eigenvalue weighted by Gasteiger charge is -2.10. The van der Waals surface area contributed by atoms with Crippen LogP contribution in [-0.2, 0) is 11.3 Å². The Morgan fingerprint density at radius 1 is 1.47 bits per heavy atom. The van der Waals surface area contributed by atoms with Crippen molar-refractivity contribution in [2.45, 2.75) is 51.5 Å². The number of rotatable bonds is 5. The maximum atomic E-state index is 12.0. The molecule has 1 aliphatic carbocycles. The van der Waals surface area contributed by atoms with Crippen LogP contribution in [0.1, 0.15) is 50.6 Å². The molecule has 104 valence electrons. The second kappa shape index (κ2) is 6.50. The number of aromatic nitrogens is 2. The van der Waals surface area contributed by atoms with Gasteiger partial charge < -0.3 is 5.32 Å². The Balaban J connectivity index is 1.95. The number of hydrogen-bond acceptors (Lipinski definition) is 3. The van der Waals surface area contributed by atoms with E-state index in [9.17, 15) is 9.59 Å². The van der Waals surface area contributed by atoms with Gasteiger partial charge in [-0.2, -0.15) is 0 Å². The maximum Gasteiger partial charge on any atom is 0.253 e. The summed E-state index contributed by atoms with van der Waals surface area (Å²) in [6, 6.07) is 1.65. The molecule has 1 aromatic rings. The van der Waals surface area contributed by atoms with Crippen LogP contribution in [0.4, 0.5) is 0 Å². The summed E-state index contributed by atoms with van der Waals surface area (Å²) in [6.45, 7) is 2.75. The fourth-order valence-corrected chi connectivity index (χ4v) is 2.49. The molecule has 0 bridgehead atoms. The third-order valence-corrected chi connectivity index (χ3v) is 3.67. The van der Waals surface area contributed by atoms with E-state index in [1.165, 1.54) is 12.8 Å². The molecule has 1 saturated carbocycles. The van der Waals surface area contributed by atoms with E-state index in [2.05, 4.69) is 10.3 Å². The molecule has 1 fully saturated rings. The van der Waals surface area contributed by atoms with Gasteiger partial charge in [0.05, 0.1) is 12.0 Å². The van der Waals surface area contributed by atoms with Gasteiger partial charge in [-0.05, 0) is 12.8 Å². The van der Waals surface area contributed by atoms with Crippen LogP contribution in [0.2, 0.25) is 0 Å². The van der Waals surface area contributed by atoms with E-state index in [-0.39, 0.29) is 11.5 Å². The summed E-state index contributed by atoms with van der Waals surface area (Å²) in [6.07, 6.45) is 6.82. The standard InChI is InChI=1S/C14H21N3O2/c1-2-13(18)15-7-8-17-10-16-12(9-14(17)19)11-5-3-4-6-11/h9-11H,2-8H2,1H3,(H,15,18). The average Bonchev–Trinajstić information content (AvgIpc) is 2.94. The van der Waals surface area contributed by atoms with Crippen LogP contribution in [0, 0.1) is 0 Å². The van der Waals surface area contributed by atoms with E-state index in [1.54, 1.807) is 23.9 Å². The third kappa shape index (κ3) is 3.66. The molecule has 1 heterocycles. The molecule has 1 aliphatic rings. The van der Waals surface area contributed by atoms with E-state index >= 15 is 0 Å². The van der Waals surface area contributed by atoms with Crippen LogP contribution < -0.4 is 10.9 Å². The molecule has 0 aliphatic heterocycles. The van der Waals surface area contributed by atoms with Crippen LogP contribution in [-0.4, -0.2) is 22.0 Å². The van der Waals surface area contributed by atoms with Crippen molar-refractivity contribution in [2.24, 2.45) is 0 Å². The van der Waals surface area contributed by atoms with Gasteiger partial charge in [-0.15, -0.1) is 0 Å². The predicted molar refractivity (Wildman–Crippen MR) is 73.0 cm³/mol. The SMILES string of the molecule is CCC(=O)NCCn1cnc(C2CCCC2)cc1=O. The molecule has 0 spiro atoms. The van der Waals surface area contributed by atoms with Crippen LogP contribution in [0.5, 0.6) is 0 Å². The largest absolute Gasteiger partial charge is 0.354 e. The van der Waals surface area contributed by atoms with Crippen molar-refractivity contribution < 1.29 is 4.79 Å². The Bertz CT molecular complexity index is 490. The van der Waals surface area contributed by atoms with Crippen LogP contribution in [0.3, 0.4) is 0 Å². The van der Waals surface area contributed by atoms with Crippen LogP contribution >= 0.6 is 0 Å². The van der Waals surface area contributed by atoms with Gasteiger partial charge in [0, 0.05) is 31.5 Å². The maximum absolute atomic E-state index is 12.0. The molecule has 5 heteroatoms. The first kappa shape index (κ1) is 13.8. The number of amides is 1. The van der Waals surface area contributed by atoms with Crippen molar-refractivity contribution >= 4 is 5.91 Å². The summed E-state index contributed by atoms with van der Waals surface area (Å²) in [5, 5.41) is 2.75. The van der Waals surface area contributed by atoms with Crippen LogP contribution in [0.15, 0.2) is 17.2 Å². The molecule has 0 saturated heterocycles. The highest BCUT2D eigenvalue weighted by atomic mass is 16.1. The molecule has 1 N–H and O–H groups in total. The second-order valence-corrected chi connectivity index (χ2v) is 5.03. The molecule has 2 rings (SSSR count). The number of nitrogens with one attached hydrogen (secondary N) is 1. The number of hydrogen-bond donors (Lipinski definition) is 1. The minimum absolute atomic E-state index is 0.00332. The molecule has 0 atom stereocenters. The first-order chi connectivity index (χ1) is 9.20. The van der Waals surface area contributed by atoms with Crippen molar-refractivity contribution in [3.63, 3.8) is 0 Å². The summed E-state index contributed by atoms with van der Waals surface area (Å²) in [4.78, 5) is 27.4. The molecule has 5 nitrogen and oxygen atoms in total. The lowest BCUT2D eigenvalue weighted by Crippen LogP contribution is -2.30. The summed E-state index contributed by atoms with van der Waals surface area (Å²) in [5.74, 6) is 0.464. The van der Waals surface area contributed by atoms with Crippen molar-refractivity contribution in [2.75, 3.05) is 6.54 Å². The zero-order valence-electron chi connectivity index (χ0n) is 11.4. The Morgan fingerprint density at radius 3 is 2.84 bits per heavy atom. The van der Waals surface area contributed by atoms with Crippen molar-refractivity contribution in [1.29, 1.82) is 0 Å². The predicted octanol–water partition coefficient (Wildman–Crippen LogP) is 1.43. The van der Waals surface area contributed by atoms with Gasteiger partial charge in [-0.1, -0.05) is 19.8 Å². The summed E-state index contributed by atoms with van der Waals surface area (Å²) < 4.78 is 1.55. The molecule has 0 aromatic carbocycles. The zero-order valence-corrected chi connectivity index (χ0v) is 11.4. The van der Waals surface area contributed by atoms with Crippen molar-refractivity contribution in [3.05, 3.63) is 28.4 Å². The molecule has 1 aromatic heterocycles. The lowest BCUT2D eigenvalue weighted by atomic mass is 10.0. The highest BCUT2D eigenvalue weighted by Gasteiger charge is 2.18. The van der Waals surface area contributed by atoms with Gasteiger partial charge in [-0.3, -0.25) is 14.2 Å². The molecular weight excluding hydrogens is 242 g/mol. The minimum atomic E-state index is -0.0253. The smallest absolute Gasteiger partial charge is 0.253 e. The molecule has 1 amide bonds. The summed E-state index contributed by atoms with van der Waals surface area (Å²) >= 11 is 0. The van der Waals surface area contributed by atoms with Gasteiger partial charge in [0.2, 0.25) is 5.91 Å². The van der Waals surface area contributed by atoms with Gasteiger partial charge in [0.15, 0.2) is 0 Å². The van der Waals surface area contributed by atoms with E-state index < -0.39 is 0 Å². The number of carbonyl (C=O) groups excluding carboxylic acids is 1. The van der Waals surface area contributed by atoms with Gasteiger partial charge in [0.25, 0.3) is 5.56 Å². The summed E-state index contributed by atoms with van der Waals surface area (Å²) in [7, 11) is 0. The Morgan fingerprint density at radius 2 is 2.21 bits per heavy atom. The fourth-order valence-electron chi connectivity index (χ4n) is 2.49. The molecule has 0 radical (unpaired) electrons.